The highest BCUT2D eigenvalue weighted by molar-refractivity contribution is 5.78. The quantitative estimate of drug-likeness (QED) is 0.750. The molecule has 3 aromatic rings. The summed E-state index contributed by atoms with van der Waals surface area (Å²) in [6.45, 7) is 9.61. The molecule has 25 heavy (non-hydrogen) atoms. The monoisotopic (exact) mass is 339 g/mol. The second-order valence-electron chi connectivity index (χ2n) is 6.85. The summed E-state index contributed by atoms with van der Waals surface area (Å²) < 4.78 is 3.96. The summed E-state index contributed by atoms with van der Waals surface area (Å²) in [6, 6.07) is 6.07. The molecule has 0 saturated heterocycles. The lowest BCUT2D eigenvalue weighted by atomic mass is 10.1. The Kier molecular flexibility index (Phi) is 4.88. The molecule has 0 aliphatic carbocycles. The Morgan fingerprint density at radius 2 is 2.12 bits per heavy atom. The number of nitrogens with one attached hydrogen (secondary N) is 1. The van der Waals surface area contributed by atoms with Crippen LogP contribution in [0.5, 0.6) is 0 Å². The van der Waals surface area contributed by atoms with Crippen LogP contribution < -0.4 is 5.32 Å². The molecule has 1 amide bonds. The van der Waals surface area contributed by atoms with E-state index in [9.17, 15) is 4.79 Å². The summed E-state index contributed by atoms with van der Waals surface area (Å²) in [7, 11) is 0. The number of hydrogen-bond acceptors (Lipinski definition) is 3. The van der Waals surface area contributed by atoms with Gasteiger partial charge in [0.1, 0.15) is 5.65 Å². The number of imidazole rings is 1. The van der Waals surface area contributed by atoms with Crippen molar-refractivity contribution in [3.63, 3.8) is 0 Å². The minimum Gasteiger partial charge on any atom is -0.355 e. The van der Waals surface area contributed by atoms with Crippen molar-refractivity contribution in [1.82, 2.24) is 24.5 Å². The number of pyridine rings is 1. The molecule has 3 rings (SSSR count). The Balaban J connectivity index is 1.53. The van der Waals surface area contributed by atoms with Gasteiger partial charge in [0, 0.05) is 31.2 Å². The Hall–Kier alpha value is -2.63. The van der Waals surface area contributed by atoms with Crippen molar-refractivity contribution >= 4 is 11.6 Å². The molecule has 3 heterocycles. The lowest BCUT2D eigenvalue weighted by Crippen LogP contribution is -2.31. The van der Waals surface area contributed by atoms with Crippen LogP contribution in [0.3, 0.4) is 0 Å². The van der Waals surface area contributed by atoms with Crippen LogP contribution in [-0.2, 0) is 17.8 Å². The molecular weight excluding hydrogens is 314 g/mol. The Morgan fingerprint density at radius 1 is 1.32 bits per heavy atom. The van der Waals surface area contributed by atoms with E-state index in [1.165, 1.54) is 0 Å². The highest BCUT2D eigenvalue weighted by atomic mass is 16.1. The Morgan fingerprint density at radius 3 is 2.80 bits per heavy atom. The van der Waals surface area contributed by atoms with E-state index in [1.54, 1.807) is 0 Å². The molecule has 1 atom stereocenters. The zero-order valence-corrected chi connectivity index (χ0v) is 15.3. The van der Waals surface area contributed by atoms with E-state index in [0.717, 1.165) is 34.8 Å². The maximum atomic E-state index is 12.2. The highest BCUT2D eigenvalue weighted by Gasteiger charge is 2.11. The van der Waals surface area contributed by atoms with Crippen molar-refractivity contribution in [3.05, 3.63) is 53.2 Å². The van der Waals surface area contributed by atoms with Gasteiger partial charge < -0.3 is 9.72 Å². The molecule has 0 radical (unpaired) electrons. The number of amides is 1. The summed E-state index contributed by atoms with van der Waals surface area (Å²) >= 11 is 0. The molecule has 0 saturated carbocycles. The van der Waals surface area contributed by atoms with Crippen molar-refractivity contribution < 1.29 is 4.79 Å². The van der Waals surface area contributed by atoms with Gasteiger partial charge in [-0.15, -0.1) is 0 Å². The molecule has 0 aliphatic heterocycles. The van der Waals surface area contributed by atoms with Crippen LogP contribution in [0.25, 0.3) is 5.65 Å². The van der Waals surface area contributed by atoms with Crippen molar-refractivity contribution in [1.29, 1.82) is 0 Å². The van der Waals surface area contributed by atoms with Gasteiger partial charge in [0.2, 0.25) is 5.91 Å². The van der Waals surface area contributed by atoms with Crippen LogP contribution in [0.2, 0.25) is 0 Å². The highest BCUT2D eigenvalue weighted by Crippen LogP contribution is 2.10. The van der Waals surface area contributed by atoms with E-state index in [0.29, 0.717) is 18.9 Å². The summed E-state index contributed by atoms with van der Waals surface area (Å²) in [5.74, 6) is 0.312. The van der Waals surface area contributed by atoms with Crippen molar-refractivity contribution in [2.75, 3.05) is 6.54 Å². The molecule has 0 fully saturated rings. The number of hydrogen-bond donors (Lipinski definition) is 1. The third-order valence-corrected chi connectivity index (χ3v) is 4.31. The average molecular weight is 339 g/mol. The van der Waals surface area contributed by atoms with Gasteiger partial charge in [-0.1, -0.05) is 13.0 Å². The van der Waals surface area contributed by atoms with Crippen LogP contribution in [0.1, 0.15) is 29.6 Å². The number of carbonyl (C=O) groups excluding carboxylic acids is 1. The van der Waals surface area contributed by atoms with Crippen LogP contribution >= 0.6 is 0 Å². The normalized spacial score (nSPS) is 12.5. The predicted molar refractivity (Wildman–Crippen MR) is 97.5 cm³/mol. The van der Waals surface area contributed by atoms with Gasteiger partial charge in [-0.05, 0) is 44.4 Å². The smallest absolute Gasteiger partial charge is 0.226 e. The molecule has 0 aromatic carbocycles. The summed E-state index contributed by atoms with van der Waals surface area (Å²) in [5, 5.41) is 7.48. The van der Waals surface area contributed by atoms with E-state index in [4.69, 9.17) is 0 Å². The van der Waals surface area contributed by atoms with E-state index in [2.05, 4.69) is 35.3 Å². The Labute approximate surface area is 147 Å². The second-order valence-corrected chi connectivity index (χ2v) is 6.85. The first-order valence-corrected chi connectivity index (χ1v) is 8.63. The minimum absolute atomic E-state index is 0.00118. The molecule has 0 bridgehead atoms. The minimum atomic E-state index is 0.00118. The summed E-state index contributed by atoms with van der Waals surface area (Å²) in [5.41, 5.74) is 4.97. The number of carbonyl (C=O) groups is 1. The van der Waals surface area contributed by atoms with Gasteiger partial charge in [-0.3, -0.25) is 9.48 Å². The fourth-order valence-electron chi connectivity index (χ4n) is 3.02. The van der Waals surface area contributed by atoms with E-state index >= 15 is 0 Å². The maximum Gasteiger partial charge on any atom is 0.226 e. The lowest BCUT2D eigenvalue weighted by molar-refractivity contribution is -0.120. The topological polar surface area (TPSA) is 64.2 Å². The number of fused-ring (bicyclic) bond motifs is 1. The molecule has 0 aliphatic rings. The van der Waals surface area contributed by atoms with Gasteiger partial charge in [-0.2, -0.15) is 5.10 Å². The van der Waals surface area contributed by atoms with Gasteiger partial charge in [0.25, 0.3) is 0 Å². The standard InChI is InChI=1S/C19H25N5O/c1-13(11-24-16(4)8-15(3)22-24)10-20-18(25)9-17-12-23-7-5-6-14(2)19(23)21-17/h5-8,12-13H,9-11H2,1-4H3,(H,20,25)/t13-/m1/s1. The van der Waals surface area contributed by atoms with E-state index in [1.807, 2.05) is 47.5 Å². The molecule has 3 aromatic heterocycles. The molecule has 6 heteroatoms. The van der Waals surface area contributed by atoms with Crippen LogP contribution in [-0.4, -0.2) is 31.6 Å². The molecular formula is C19H25N5O. The Bertz CT molecular complexity index is 892. The zero-order valence-electron chi connectivity index (χ0n) is 15.3. The van der Waals surface area contributed by atoms with Crippen molar-refractivity contribution in [2.24, 2.45) is 5.92 Å². The van der Waals surface area contributed by atoms with Gasteiger partial charge in [-0.25, -0.2) is 4.98 Å². The summed E-state index contributed by atoms with van der Waals surface area (Å²) in [6.07, 6.45) is 4.17. The predicted octanol–water partition coefficient (Wildman–Crippen LogP) is 2.45. The van der Waals surface area contributed by atoms with Gasteiger partial charge in [0.15, 0.2) is 0 Å². The first kappa shape index (κ1) is 17.2. The molecule has 6 nitrogen and oxygen atoms in total. The fraction of sp³-hybridized carbons (Fsp3) is 0.421. The van der Waals surface area contributed by atoms with Crippen LogP contribution in [0.15, 0.2) is 30.6 Å². The first-order valence-electron chi connectivity index (χ1n) is 8.63. The molecule has 0 spiro atoms. The number of rotatable bonds is 6. The van der Waals surface area contributed by atoms with Crippen LogP contribution in [0, 0.1) is 26.7 Å². The SMILES string of the molecule is Cc1cc(C)n(C[C@H](C)CNC(=O)Cc2cn3cccc(C)c3n2)n1. The number of nitrogens with zero attached hydrogens (tertiary/aromatic N) is 4. The average Bonchev–Trinajstić information content (AvgIpc) is 3.09. The third-order valence-electron chi connectivity index (χ3n) is 4.31. The molecule has 0 unspecified atom stereocenters. The van der Waals surface area contributed by atoms with E-state index in [-0.39, 0.29) is 5.91 Å². The van der Waals surface area contributed by atoms with E-state index < -0.39 is 0 Å². The first-order chi connectivity index (χ1) is 11.9. The van der Waals surface area contributed by atoms with Crippen molar-refractivity contribution in [2.45, 2.75) is 40.7 Å². The molecule has 1 N–H and O–H groups in total. The molecule has 132 valence electrons. The maximum absolute atomic E-state index is 12.2. The van der Waals surface area contributed by atoms with Gasteiger partial charge in [0.05, 0.1) is 17.8 Å². The lowest BCUT2D eigenvalue weighted by Gasteiger charge is -2.13. The number of aromatic nitrogens is 4. The van der Waals surface area contributed by atoms with Crippen LogP contribution in [0.4, 0.5) is 0 Å². The summed E-state index contributed by atoms with van der Waals surface area (Å²) in [4.78, 5) is 16.8. The van der Waals surface area contributed by atoms with Crippen molar-refractivity contribution in [3.8, 4) is 0 Å². The largest absolute Gasteiger partial charge is 0.355 e. The zero-order chi connectivity index (χ0) is 18.0. The fourth-order valence-corrected chi connectivity index (χ4v) is 3.02. The third kappa shape index (κ3) is 4.07. The van der Waals surface area contributed by atoms with Gasteiger partial charge >= 0.3 is 0 Å². The number of aryl methyl sites for hydroxylation is 3. The second kappa shape index (κ2) is 7.09.